The van der Waals surface area contributed by atoms with Crippen LogP contribution < -0.4 is 0 Å². The second kappa shape index (κ2) is 6.62. The molecular weight excluding hydrogens is 240 g/mol. The Morgan fingerprint density at radius 1 is 0.950 bits per heavy atom. The molecule has 0 heteroatoms. The highest BCUT2D eigenvalue weighted by molar-refractivity contribution is 5.56. The summed E-state index contributed by atoms with van der Waals surface area (Å²) < 4.78 is 0. The normalized spacial score (nSPS) is 13.2. The average Bonchev–Trinajstić information content (AvgIpc) is 2.31. The quantitative estimate of drug-likeness (QED) is 0.474. The minimum absolute atomic E-state index is 0.0254. The number of rotatable bonds is 2. The van der Waals surface area contributed by atoms with Gasteiger partial charge in [0.15, 0.2) is 0 Å². The van der Waals surface area contributed by atoms with Gasteiger partial charge in [0.1, 0.15) is 0 Å². The summed E-state index contributed by atoms with van der Waals surface area (Å²) in [6.45, 7) is 13.0. The molecule has 0 aliphatic rings. The molecule has 1 aromatic carbocycles. The number of hydrogen-bond donors (Lipinski definition) is 0. The first-order valence-corrected chi connectivity index (χ1v) is 7.15. The Labute approximate surface area is 124 Å². The lowest BCUT2D eigenvalue weighted by Crippen LogP contribution is -2.02. The molecule has 0 fully saturated rings. The van der Waals surface area contributed by atoms with E-state index in [1.807, 2.05) is 18.2 Å². The van der Waals surface area contributed by atoms with Crippen molar-refractivity contribution in [3.63, 3.8) is 0 Å². The highest BCUT2D eigenvalue weighted by Gasteiger charge is 2.07. The molecule has 1 rings (SSSR count). The summed E-state index contributed by atoms with van der Waals surface area (Å²) >= 11 is 0. The molecule has 0 radical (unpaired) electrons. The molecule has 0 atom stereocenters. The van der Waals surface area contributed by atoms with E-state index in [0.29, 0.717) is 0 Å². The number of hydrogen-bond acceptors (Lipinski definition) is 0. The molecule has 20 heavy (non-hydrogen) atoms. The van der Waals surface area contributed by atoms with Gasteiger partial charge in [-0.05, 0) is 37.8 Å². The van der Waals surface area contributed by atoms with Crippen molar-refractivity contribution in [2.24, 2.45) is 10.8 Å². The van der Waals surface area contributed by atoms with Crippen LogP contribution in [0.2, 0.25) is 0 Å². The van der Waals surface area contributed by atoms with E-state index in [0.717, 1.165) is 5.57 Å². The molecule has 1 aromatic rings. The summed E-state index contributed by atoms with van der Waals surface area (Å²) in [5, 5.41) is 0. The molecule has 0 saturated heterocycles. The summed E-state index contributed by atoms with van der Waals surface area (Å²) in [5.74, 6) is 6.62. The van der Waals surface area contributed by atoms with Crippen LogP contribution in [0.4, 0.5) is 0 Å². The Morgan fingerprint density at radius 3 is 2.05 bits per heavy atom. The molecule has 0 saturated carbocycles. The molecule has 106 valence electrons. The molecule has 0 amide bonds. The Morgan fingerprint density at radius 2 is 1.55 bits per heavy atom. The van der Waals surface area contributed by atoms with E-state index in [2.05, 4.69) is 83.7 Å². The lowest BCUT2D eigenvalue weighted by atomic mass is 9.92. The van der Waals surface area contributed by atoms with Crippen molar-refractivity contribution in [2.45, 2.75) is 41.5 Å². The zero-order valence-corrected chi connectivity index (χ0v) is 13.6. The number of benzene rings is 1. The molecule has 0 bridgehead atoms. The van der Waals surface area contributed by atoms with Gasteiger partial charge in [0, 0.05) is 11.0 Å². The van der Waals surface area contributed by atoms with E-state index >= 15 is 0 Å². The standard InChI is InChI=1S/C20H26/c1-19(2,3)15-14-18(16-20(4,5)6)13-12-17-10-8-7-9-11-17/h7-13,16H,1-6H3. The van der Waals surface area contributed by atoms with Gasteiger partial charge in [-0.15, -0.1) is 0 Å². The summed E-state index contributed by atoms with van der Waals surface area (Å²) in [7, 11) is 0. The second-order valence-corrected chi connectivity index (χ2v) is 7.21. The van der Waals surface area contributed by atoms with Gasteiger partial charge in [-0.25, -0.2) is 0 Å². The highest BCUT2D eigenvalue weighted by Crippen LogP contribution is 2.19. The van der Waals surface area contributed by atoms with E-state index in [4.69, 9.17) is 0 Å². The van der Waals surface area contributed by atoms with E-state index in [1.54, 1.807) is 0 Å². The summed E-state index contributed by atoms with van der Waals surface area (Å²) in [5.41, 5.74) is 2.43. The molecule has 0 spiro atoms. The predicted molar refractivity (Wildman–Crippen MR) is 90.2 cm³/mol. The lowest BCUT2D eigenvalue weighted by molar-refractivity contribution is 0.542. The average molecular weight is 266 g/mol. The third-order valence-corrected chi connectivity index (χ3v) is 2.43. The molecule has 0 heterocycles. The van der Waals surface area contributed by atoms with Crippen LogP contribution >= 0.6 is 0 Å². The van der Waals surface area contributed by atoms with Crippen LogP contribution in [0.1, 0.15) is 47.1 Å². The molecule has 0 aliphatic heterocycles. The fourth-order valence-electron chi connectivity index (χ4n) is 1.60. The van der Waals surface area contributed by atoms with E-state index < -0.39 is 0 Å². The van der Waals surface area contributed by atoms with E-state index in [-0.39, 0.29) is 10.8 Å². The van der Waals surface area contributed by atoms with Gasteiger partial charge < -0.3 is 0 Å². The minimum atomic E-state index is 0.0254. The van der Waals surface area contributed by atoms with Crippen molar-refractivity contribution >= 4 is 6.08 Å². The topological polar surface area (TPSA) is 0 Å². The van der Waals surface area contributed by atoms with Crippen LogP contribution in [0.5, 0.6) is 0 Å². The fraction of sp³-hybridized carbons (Fsp3) is 0.400. The van der Waals surface area contributed by atoms with Gasteiger partial charge in [0.25, 0.3) is 0 Å². The predicted octanol–water partition coefficient (Wildman–Crippen LogP) is 5.72. The van der Waals surface area contributed by atoms with Crippen molar-refractivity contribution in [1.29, 1.82) is 0 Å². The minimum Gasteiger partial charge on any atom is -0.0920 e. The Kier molecular flexibility index (Phi) is 5.40. The maximum absolute atomic E-state index is 3.31. The first-order chi connectivity index (χ1) is 9.16. The molecule has 0 unspecified atom stereocenters. The lowest BCUT2D eigenvalue weighted by Gasteiger charge is -2.13. The van der Waals surface area contributed by atoms with Gasteiger partial charge in [-0.2, -0.15) is 0 Å². The molecule has 0 N–H and O–H groups in total. The Bertz CT molecular complexity index is 532. The van der Waals surface area contributed by atoms with Crippen molar-refractivity contribution in [3.8, 4) is 11.8 Å². The fourth-order valence-corrected chi connectivity index (χ4v) is 1.60. The smallest absolute Gasteiger partial charge is 0.0234 e. The first-order valence-electron chi connectivity index (χ1n) is 7.15. The first kappa shape index (κ1) is 16.3. The third-order valence-electron chi connectivity index (χ3n) is 2.43. The van der Waals surface area contributed by atoms with Crippen LogP contribution in [-0.4, -0.2) is 0 Å². The largest absolute Gasteiger partial charge is 0.0920 e. The molecule has 0 nitrogen and oxygen atoms in total. The van der Waals surface area contributed by atoms with Crippen molar-refractivity contribution in [1.82, 2.24) is 0 Å². The highest BCUT2D eigenvalue weighted by atomic mass is 14.1. The van der Waals surface area contributed by atoms with Crippen molar-refractivity contribution in [3.05, 3.63) is 53.6 Å². The zero-order chi connectivity index (χ0) is 15.2. The summed E-state index contributed by atoms with van der Waals surface area (Å²) in [4.78, 5) is 0. The molecule has 0 aliphatic carbocycles. The van der Waals surface area contributed by atoms with Gasteiger partial charge in [-0.1, -0.05) is 75.1 Å². The van der Waals surface area contributed by atoms with Crippen LogP contribution in [0.25, 0.3) is 6.08 Å². The van der Waals surface area contributed by atoms with E-state index in [1.165, 1.54) is 5.56 Å². The maximum atomic E-state index is 3.31. The summed E-state index contributed by atoms with van der Waals surface area (Å²) in [6, 6.07) is 10.3. The third kappa shape index (κ3) is 7.64. The Hall–Kier alpha value is -1.74. The second-order valence-electron chi connectivity index (χ2n) is 7.21. The van der Waals surface area contributed by atoms with Crippen LogP contribution in [0, 0.1) is 22.7 Å². The molecular formula is C20H26. The zero-order valence-electron chi connectivity index (χ0n) is 13.6. The summed E-state index contributed by atoms with van der Waals surface area (Å²) in [6.07, 6.45) is 6.46. The Balaban J connectivity index is 3.03. The van der Waals surface area contributed by atoms with Gasteiger partial charge in [0.05, 0.1) is 0 Å². The van der Waals surface area contributed by atoms with Gasteiger partial charge in [-0.3, -0.25) is 0 Å². The van der Waals surface area contributed by atoms with Crippen LogP contribution in [0.3, 0.4) is 0 Å². The van der Waals surface area contributed by atoms with Crippen molar-refractivity contribution in [2.75, 3.05) is 0 Å². The van der Waals surface area contributed by atoms with Crippen LogP contribution in [-0.2, 0) is 0 Å². The van der Waals surface area contributed by atoms with Crippen LogP contribution in [0.15, 0.2) is 48.1 Å². The number of allylic oxidation sites excluding steroid dienone is 3. The van der Waals surface area contributed by atoms with E-state index in [9.17, 15) is 0 Å². The SMILES string of the molecule is CC(C)(C)C#CC(C=Cc1ccccc1)=CC(C)(C)C. The monoisotopic (exact) mass is 266 g/mol. The molecule has 0 aromatic heterocycles. The van der Waals surface area contributed by atoms with Gasteiger partial charge in [0.2, 0.25) is 0 Å². The maximum Gasteiger partial charge on any atom is 0.0234 e. The van der Waals surface area contributed by atoms with Gasteiger partial charge >= 0.3 is 0 Å². The van der Waals surface area contributed by atoms with Crippen molar-refractivity contribution < 1.29 is 0 Å².